The van der Waals surface area contributed by atoms with E-state index in [0.717, 1.165) is 43.5 Å². The van der Waals surface area contributed by atoms with E-state index in [2.05, 4.69) is 15.5 Å². The molecule has 3 aromatic rings. The van der Waals surface area contributed by atoms with E-state index in [1.807, 2.05) is 24.3 Å². The van der Waals surface area contributed by atoms with Crippen molar-refractivity contribution in [3.63, 3.8) is 0 Å². The van der Waals surface area contributed by atoms with Crippen LogP contribution in [0.25, 0.3) is 0 Å². The van der Waals surface area contributed by atoms with Crippen LogP contribution < -0.4 is 21.5 Å². The van der Waals surface area contributed by atoms with E-state index in [0.29, 0.717) is 18.6 Å². The van der Waals surface area contributed by atoms with Gasteiger partial charge in [-0.25, -0.2) is 0 Å². The first kappa shape index (κ1) is 25.3. The van der Waals surface area contributed by atoms with Crippen molar-refractivity contribution in [2.24, 2.45) is 0 Å². The quantitative estimate of drug-likeness (QED) is 0.336. The molecule has 196 valence electrons. The molecule has 2 aliphatic rings. The molecule has 1 aliphatic heterocycles. The molecule has 3 aromatic carbocycles. The SMILES string of the molecule is O=c1c(Nc2cc(C(F)(F)F)cc(C(F)(F)F)c2)c(N[C@H]2c3ccccc3C[C@H]2N2CCCCC2)c1=O. The lowest BCUT2D eigenvalue weighted by atomic mass is 10.0. The summed E-state index contributed by atoms with van der Waals surface area (Å²) in [6.07, 6.45) is -6.18. The van der Waals surface area contributed by atoms with Gasteiger partial charge < -0.3 is 10.6 Å². The molecule has 11 heteroatoms. The number of piperidine rings is 1. The molecule has 0 unspecified atom stereocenters. The van der Waals surface area contributed by atoms with Gasteiger partial charge in [0.2, 0.25) is 0 Å². The Labute approximate surface area is 207 Å². The van der Waals surface area contributed by atoms with Crippen molar-refractivity contribution in [2.45, 2.75) is 50.1 Å². The van der Waals surface area contributed by atoms with Crippen LogP contribution in [0, 0.1) is 0 Å². The van der Waals surface area contributed by atoms with E-state index >= 15 is 0 Å². The summed E-state index contributed by atoms with van der Waals surface area (Å²) in [5, 5.41) is 5.48. The predicted octanol–water partition coefficient (Wildman–Crippen LogP) is 5.63. The number of fused-ring (bicyclic) bond motifs is 1. The first-order valence-corrected chi connectivity index (χ1v) is 11.9. The molecular formula is C26H23F6N3O2. The van der Waals surface area contributed by atoms with E-state index in [1.165, 1.54) is 0 Å². The highest BCUT2D eigenvalue weighted by atomic mass is 19.4. The lowest BCUT2D eigenvalue weighted by molar-refractivity contribution is -0.143. The molecule has 1 fully saturated rings. The summed E-state index contributed by atoms with van der Waals surface area (Å²) in [5.74, 6) is 0. The number of anilines is 3. The molecule has 2 atom stereocenters. The van der Waals surface area contributed by atoms with Crippen molar-refractivity contribution >= 4 is 17.1 Å². The highest BCUT2D eigenvalue weighted by Gasteiger charge is 2.39. The first-order valence-electron chi connectivity index (χ1n) is 11.9. The number of nitrogens with one attached hydrogen (secondary N) is 2. The van der Waals surface area contributed by atoms with Gasteiger partial charge in [0.1, 0.15) is 11.4 Å². The third-order valence-electron chi connectivity index (χ3n) is 7.13. The summed E-state index contributed by atoms with van der Waals surface area (Å²) in [6.45, 7) is 1.75. The van der Waals surface area contributed by atoms with Crippen LogP contribution in [-0.2, 0) is 18.8 Å². The third-order valence-corrected chi connectivity index (χ3v) is 7.13. The first-order chi connectivity index (χ1) is 17.4. The van der Waals surface area contributed by atoms with Gasteiger partial charge in [-0.2, -0.15) is 26.3 Å². The summed E-state index contributed by atoms with van der Waals surface area (Å²) < 4.78 is 79.6. The lowest BCUT2D eigenvalue weighted by Gasteiger charge is -2.36. The van der Waals surface area contributed by atoms with Crippen molar-refractivity contribution < 1.29 is 26.3 Å². The second-order valence-corrected chi connectivity index (χ2v) is 9.52. The Morgan fingerprint density at radius 3 is 2.00 bits per heavy atom. The maximum absolute atomic E-state index is 13.3. The zero-order valence-corrected chi connectivity index (χ0v) is 19.5. The van der Waals surface area contributed by atoms with Gasteiger partial charge in [-0.1, -0.05) is 30.7 Å². The summed E-state index contributed by atoms with van der Waals surface area (Å²) >= 11 is 0. The maximum atomic E-state index is 13.3. The molecule has 1 saturated heterocycles. The fourth-order valence-corrected chi connectivity index (χ4v) is 5.31. The van der Waals surface area contributed by atoms with Crippen LogP contribution in [0.5, 0.6) is 0 Å². The van der Waals surface area contributed by atoms with Crippen LogP contribution in [0.15, 0.2) is 52.1 Å². The van der Waals surface area contributed by atoms with E-state index in [-0.39, 0.29) is 29.5 Å². The van der Waals surface area contributed by atoms with Crippen LogP contribution >= 0.6 is 0 Å². The molecule has 37 heavy (non-hydrogen) atoms. The maximum Gasteiger partial charge on any atom is 0.416 e. The van der Waals surface area contributed by atoms with Crippen LogP contribution in [0.4, 0.5) is 43.4 Å². The lowest BCUT2D eigenvalue weighted by Crippen LogP contribution is -2.45. The Kier molecular flexibility index (Phi) is 6.29. The Morgan fingerprint density at radius 1 is 0.784 bits per heavy atom. The molecule has 5 rings (SSSR count). The van der Waals surface area contributed by atoms with E-state index in [4.69, 9.17) is 0 Å². The van der Waals surface area contributed by atoms with Crippen LogP contribution in [0.3, 0.4) is 0 Å². The highest BCUT2D eigenvalue weighted by Crippen LogP contribution is 2.41. The summed E-state index contributed by atoms with van der Waals surface area (Å²) in [7, 11) is 0. The Morgan fingerprint density at radius 2 is 1.38 bits per heavy atom. The summed E-state index contributed by atoms with van der Waals surface area (Å²) in [6, 6.07) is 8.25. The highest BCUT2D eigenvalue weighted by molar-refractivity contribution is 5.79. The monoisotopic (exact) mass is 523 g/mol. The zero-order chi connectivity index (χ0) is 26.5. The molecule has 5 nitrogen and oxygen atoms in total. The molecule has 0 radical (unpaired) electrons. The van der Waals surface area contributed by atoms with Crippen molar-refractivity contribution in [2.75, 3.05) is 23.7 Å². The second-order valence-electron chi connectivity index (χ2n) is 9.52. The molecular weight excluding hydrogens is 500 g/mol. The van der Waals surface area contributed by atoms with Gasteiger partial charge in [0.15, 0.2) is 0 Å². The fraction of sp³-hybridized carbons (Fsp3) is 0.385. The second kappa shape index (κ2) is 9.20. The number of rotatable bonds is 5. The fourth-order valence-electron chi connectivity index (χ4n) is 5.31. The molecule has 1 aliphatic carbocycles. The number of hydrogen-bond donors (Lipinski definition) is 2. The van der Waals surface area contributed by atoms with Crippen molar-refractivity contribution in [1.29, 1.82) is 0 Å². The summed E-state index contributed by atoms with van der Waals surface area (Å²) in [4.78, 5) is 27.2. The van der Waals surface area contributed by atoms with E-state index in [1.54, 1.807) is 0 Å². The molecule has 0 spiro atoms. The largest absolute Gasteiger partial charge is 0.416 e. The van der Waals surface area contributed by atoms with Crippen LogP contribution in [-0.4, -0.2) is 24.0 Å². The molecule has 0 saturated carbocycles. The van der Waals surface area contributed by atoms with Gasteiger partial charge >= 0.3 is 12.4 Å². The summed E-state index contributed by atoms with van der Waals surface area (Å²) in [5.41, 5.74) is -3.97. The molecule has 0 amide bonds. The standard InChI is InChI=1S/C26H23F6N3O2/c27-25(28,29)15-11-16(26(30,31)32)13-17(12-15)33-21-22(24(37)23(21)36)34-20-18-7-3-2-6-14(18)10-19(20)35-8-4-1-5-9-35/h2-3,6-7,11-13,19-20,33-34H,1,4-5,8-10H2/t19-,20+/m1/s1. The van der Waals surface area contributed by atoms with Crippen molar-refractivity contribution in [1.82, 2.24) is 4.90 Å². The van der Waals surface area contributed by atoms with Crippen molar-refractivity contribution in [3.8, 4) is 0 Å². The molecule has 0 aromatic heterocycles. The minimum Gasteiger partial charge on any atom is -0.372 e. The Bertz CT molecular complexity index is 1350. The number of halogens is 6. The number of hydrogen-bond acceptors (Lipinski definition) is 5. The van der Waals surface area contributed by atoms with Gasteiger partial charge in [0.05, 0.1) is 17.2 Å². The average molecular weight is 523 g/mol. The van der Waals surface area contributed by atoms with Gasteiger partial charge in [0.25, 0.3) is 10.9 Å². The van der Waals surface area contributed by atoms with Gasteiger partial charge in [-0.15, -0.1) is 0 Å². The number of nitrogens with zero attached hydrogens (tertiary/aromatic N) is 1. The smallest absolute Gasteiger partial charge is 0.372 e. The zero-order valence-electron chi connectivity index (χ0n) is 19.5. The Balaban J connectivity index is 1.48. The third kappa shape index (κ3) is 4.84. The topological polar surface area (TPSA) is 61.4 Å². The Hall–Kier alpha value is -3.34. The van der Waals surface area contributed by atoms with Crippen LogP contribution in [0.2, 0.25) is 0 Å². The van der Waals surface area contributed by atoms with Gasteiger partial charge in [0, 0.05) is 11.7 Å². The minimum atomic E-state index is -5.04. The molecule has 0 bridgehead atoms. The van der Waals surface area contributed by atoms with Gasteiger partial charge in [-0.05, 0) is 61.7 Å². The van der Waals surface area contributed by atoms with E-state index in [9.17, 15) is 35.9 Å². The van der Waals surface area contributed by atoms with Gasteiger partial charge in [-0.3, -0.25) is 14.5 Å². The number of benzene rings is 2. The van der Waals surface area contributed by atoms with Crippen LogP contribution in [0.1, 0.15) is 47.6 Å². The number of likely N-dealkylation sites (tertiary alicyclic amines) is 1. The van der Waals surface area contributed by atoms with E-state index < -0.39 is 40.0 Å². The molecule has 1 heterocycles. The predicted molar refractivity (Wildman–Crippen MR) is 127 cm³/mol. The average Bonchev–Trinajstić information content (AvgIpc) is 3.23. The van der Waals surface area contributed by atoms with Crippen molar-refractivity contribution in [3.05, 3.63) is 85.2 Å². The minimum absolute atomic E-state index is 0.00510. The number of alkyl halides is 6. The normalized spacial score (nSPS) is 20.7. The molecule has 2 N–H and O–H groups in total.